The van der Waals surface area contributed by atoms with Crippen molar-refractivity contribution in [2.45, 2.75) is 25.4 Å². The fraction of sp³-hybridized carbons (Fsp3) is 0.571. The lowest BCUT2D eigenvalue weighted by molar-refractivity contribution is 0.123. The number of halogens is 1. The highest BCUT2D eigenvalue weighted by atomic mass is 32.2. The van der Waals surface area contributed by atoms with Crippen LogP contribution in [0.4, 0.5) is 4.39 Å². The Morgan fingerprint density at radius 1 is 1.40 bits per heavy atom. The Bertz CT molecular complexity index is 544. The van der Waals surface area contributed by atoms with Crippen molar-refractivity contribution in [2.75, 3.05) is 19.3 Å². The van der Waals surface area contributed by atoms with Gasteiger partial charge in [-0.05, 0) is 42.9 Å². The summed E-state index contributed by atoms with van der Waals surface area (Å²) in [5.41, 5.74) is 0.669. The van der Waals surface area contributed by atoms with Gasteiger partial charge in [0, 0.05) is 13.1 Å². The summed E-state index contributed by atoms with van der Waals surface area (Å²) in [7, 11) is -3.16. The minimum atomic E-state index is -3.16. The quantitative estimate of drug-likeness (QED) is 0.924. The molecule has 1 aromatic rings. The molecule has 1 aliphatic rings. The van der Waals surface area contributed by atoms with Gasteiger partial charge in [-0.2, -0.15) is 0 Å². The number of aliphatic hydroxyl groups is 1. The van der Waals surface area contributed by atoms with Crippen LogP contribution in [0.25, 0.3) is 0 Å². The predicted molar refractivity (Wildman–Crippen MR) is 75.1 cm³/mol. The van der Waals surface area contributed by atoms with E-state index < -0.39 is 16.1 Å². The van der Waals surface area contributed by atoms with Crippen LogP contribution in [-0.2, 0) is 10.0 Å². The Morgan fingerprint density at radius 2 is 2.05 bits per heavy atom. The highest BCUT2D eigenvalue weighted by Gasteiger charge is 2.27. The number of rotatable bonds is 4. The highest BCUT2D eigenvalue weighted by Crippen LogP contribution is 2.28. The minimum Gasteiger partial charge on any atom is -0.388 e. The van der Waals surface area contributed by atoms with Gasteiger partial charge in [0.2, 0.25) is 10.0 Å². The van der Waals surface area contributed by atoms with Crippen LogP contribution >= 0.6 is 0 Å². The number of aliphatic hydroxyl groups excluding tert-OH is 1. The number of hydrogen-bond donors (Lipinski definition) is 1. The zero-order chi connectivity index (χ0) is 14.8. The maximum Gasteiger partial charge on any atom is 0.211 e. The van der Waals surface area contributed by atoms with Crippen molar-refractivity contribution in [3.63, 3.8) is 0 Å². The molecule has 2 unspecified atom stereocenters. The summed E-state index contributed by atoms with van der Waals surface area (Å²) in [6.45, 7) is 1.01. The Balaban J connectivity index is 1.97. The smallest absolute Gasteiger partial charge is 0.211 e. The number of benzene rings is 1. The topological polar surface area (TPSA) is 57.6 Å². The summed E-state index contributed by atoms with van der Waals surface area (Å²) in [6, 6.07) is 5.78. The van der Waals surface area contributed by atoms with Crippen molar-refractivity contribution >= 4 is 10.0 Å². The molecule has 1 fully saturated rings. The SMILES string of the molecule is CS(=O)(=O)N1CCCC(CC(O)c2ccc(F)cc2)C1. The molecule has 1 saturated heterocycles. The molecule has 0 saturated carbocycles. The Kier molecular flexibility index (Phi) is 4.78. The molecule has 6 heteroatoms. The van der Waals surface area contributed by atoms with Crippen LogP contribution in [0.15, 0.2) is 24.3 Å². The molecular formula is C14H20FNO3S. The van der Waals surface area contributed by atoms with Crippen molar-refractivity contribution in [1.29, 1.82) is 0 Å². The van der Waals surface area contributed by atoms with Gasteiger partial charge in [-0.25, -0.2) is 17.1 Å². The van der Waals surface area contributed by atoms with Crippen molar-refractivity contribution in [1.82, 2.24) is 4.31 Å². The van der Waals surface area contributed by atoms with Crippen LogP contribution in [-0.4, -0.2) is 37.2 Å². The molecule has 0 bridgehead atoms. The summed E-state index contributed by atoms with van der Waals surface area (Å²) in [5, 5.41) is 10.2. The molecule has 112 valence electrons. The standard InChI is InChI=1S/C14H20FNO3S/c1-20(18,19)16-8-2-3-11(10-16)9-14(17)12-4-6-13(15)7-5-12/h4-7,11,14,17H,2-3,8-10H2,1H3. The molecule has 1 aliphatic heterocycles. The van der Waals surface area contributed by atoms with E-state index in [1.807, 2.05) is 0 Å². The van der Waals surface area contributed by atoms with Crippen LogP contribution in [0.2, 0.25) is 0 Å². The summed E-state index contributed by atoms with van der Waals surface area (Å²) in [6.07, 6.45) is 2.75. The van der Waals surface area contributed by atoms with Crippen molar-refractivity contribution in [2.24, 2.45) is 5.92 Å². The van der Waals surface area contributed by atoms with Crippen LogP contribution in [0.5, 0.6) is 0 Å². The minimum absolute atomic E-state index is 0.138. The normalized spacial score (nSPS) is 22.6. The second kappa shape index (κ2) is 6.20. The molecule has 1 heterocycles. The van der Waals surface area contributed by atoms with Gasteiger partial charge in [-0.3, -0.25) is 0 Å². The summed E-state index contributed by atoms with van der Waals surface area (Å²) < 4.78 is 37.4. The largest absolute Gasteiger partial charge is 0.388 e. The van der Waals surface area contributed by atoms with Gasteiger partial charge in [0.05, 0.1) is 12.4 Å². The van der Waals surface area contributed by atoms with Crippen molar-refractivity contribution in [3.05, 3.63) is 35.6 Å². The van der Waals surface area contributed by atoms with E-state index in [1.54, 1.807) is 12.1 Å². The predicted octanol–water partition coefficient (Wildman–Crippen LogP) is 1.92. The third-order valence-electron chi connectivity index (χ3n) is 3.76. The Labute approximate surface area is 119 Å². The van der Waals surface area contributed by atoms with Crippen LogP contribution in [0, 0.1) is 11.7 Å². The van der Waals surface area contributed by atoms with Crippen LogP contribution < -0.4 is 0 Å². The highest BCUT2D eigenvalue weighted by molar-refractivity contribution is 7.88. The van der Waals surface area contributed by atoms with E-state index in [0.717, 1.165) is 12.8 Å². The van der Waals surface area contributed by atoms with E-state index >= 15 is 0 Å². The first-order chi connectivity index (χ1) is 9.36. The zero-order valence-corrected chi connectivity index (χ0v) is 12.3. The molecule has 0 radical (unpaired) electrons. The third kappa shape index (κ3) is 4.01. The van der Waals surface area contributed by atoms with E-state index in [1.165, 1.54) is 22.7 Å². The van der Waals surface area contributed by atoms with Gasteiger partial charge in [-0.1, -0.05) is 12.1 Å². The fourth-order valence-electron chi connectivity index (χ4n) is 2.66. The number of nitrogens with zero attached hydrogens (tertiary/aromatic N) is 1. The third-order valence-corrected chi connectivity index (χ3v) is 5.03. The van der Waals surface area contributed by atoms with Crippen LogP contribution in [0.1, 0.15) is 30.9 Å². The van der Waals surface area contributed by atoms with Gasteiger partial charge in [0.15, 0.2) is 0 Å². The van der Waals surface area contributed by atoms with Gasteiger partial charge in [0.25, 0.3) is 0 Å². The lowest BCUT2D eigenvalue weighted by Gasteiger charge is -2.32. The number of piperidine rings is 1. The average Bonchev–Trinajstić information content (AvgIpc) is 2.38. The molecule has 1 N–H and O–H groups in total. The Hall–Kier alpha value is -0.980. The first-order valence-electron chi connectivity index (χ1n) is 6.75. The van der Waals surface area contributed by atoms with E-state index in [2.05, 4.69) is 0 Å². The van der Waals surface area contributed by atoms with E-state index in [4.69, 9.17) is 0 Å². The summed E-state index contributed by atoms with van der Waals surface area (Å²) in [5.74, 6) is -0.194. The lowest BCUT2D eigenvalue weighted by Crippen LogP contribution is -2.39. The molecule has 20 heavy (non-hydrogen) atoms. The molecule has 0 aliphatic carbocycles. The summed E-state index contributed by atoms with van der Waals surface area (Å²) >= 11 is 0. The first-order valence-corrected chi connectivity index (χ1v) is 8.60. The second-order valence-electron chi connectivity index (χ2n) is 5.43. The van der Waals surface area contributed by atoms with E-state index in [9.17, 15) is 17.9 Å². The van der Waals surface area contributed by atoms with Gasteiger partial charge in [0.1, 0.15) is 5.82 Å². The summed E-state index contributed by atoms with van der Waals surface area (Å²) in [4.78, 5) is 0. The molecule has 4 nitrogen and oxygen atoms in total. The molecule has 2 rings (SSSR count). The molecule has 1 aromatic carbocycles. The molecular weight excluding hydrogens is 281 g/mol. The van der Waals surface area contributed by atoms with Gasteiger partial charge in [-0.15, -0.1) is 0 Å². The monoisotopic (exact) mass is 301 g/mol. The maximum absolute atomic E-state index is 12.8. The van der Waals surface area contributed by atoms with Crippen LogP contribution in [0.3, 0.4) is 0 Å². The molecule has 0 aromatic heterocycles. The van der Waals surface area contributed by atoms with Gasteiger partial charge >= 0.3 is 0 Å². The molecule has 0 amide bonds. The molecule has 2 atom stereocenters. The first kappa shape index (κ1) is 15.4. The molecule has 0 spiro atoms. The number of sulfonamides is 1. The van der Waals surface area contributed by atoms with Crippen molar-refractivity contribution < 1.29 is 17.9 Å². The van der Waals surface area contributed by atoms with Crippen molar-refractivity contribution in [3.8, 4) is 0 Å². The number of hydrogen-bond acceptors (Lipinski definition) is 3. The second-order valence-corrected chi connectivity index (χ2v) is 7.41. The Morgan fingerprint density at radius 3 is 2.65 bits per heavy atom. The average molecular weight is 301 g/mol. The van der Waals surface area contributed by atoms with E-state index in [0.29, 0.717) is 25.1 Å². The fourth-order valence-corrected chi connectivity index (χ4v) is 3.60. The van der Waals surface area contributed by atoms with Gasteiger partial charge < -0.3 is 5.11 Å². The lowest BCUT2D eigenvalue weighted by atomic mass is 9.91. The maximum atomic E-state index is 12.8. The zero-order valence-electron chi connectivity index (χ0n) is 11.5. The van der Waals surface area contributed by atoms with E-state index in [-0.39, 0.29) is 11.7 Å².